The van der Waals surface area contributed by atoms with Gasteiger partial charge >= 0.3 is 5.97 Å². The van der Waals surface area contributed by atoms with Gasteiger partial charge in [-0.2, -0.15) is 0 Å². The fourth-order valence-corrected chi connectivity index (χ4v) is 1.71. The number of ether oxygens (including phenoxy) is 2. The zero-order valence-corrected chi connectivity index (χ0v) is 11.2. The summed E-state index contributed by atoms with van der Waals surface area (Å²) in [6.07, 6.45) is 0.796. The summed E-state index contributed by atoms with van der Waals surface area (Å²) in [6.45, 7) is 2.22. The van der Waals surface area contributed by atoms with E-state index in [1.807, 2.05) is 6.92 Å². The Hall–Kier alpha value is -0.740. The molecule has 0 fully saturated rings. The summed E-state index contributed by atoms with van der Waals surface area (Å²) in [5, 5.41) is 0.456. The quantitative estimate of drug-likeness (QED) is 0.782. The molecule has 1 rings (SSSR count). The molecule has 16 heavy (non-hydrogen) atoms. The molecule has 0 saturated heterocycles. The van der Waals surface area contributed by atoms with E-state index in [1.54, 1.807) is 18.2 Å². The lowest BCUT2D eigenvalue weighted by atomic mass is 10.3. The van der Waals surface area contributed by atoms with Gasteiger partial charge in [0.05, 0.1) is 11.6 Å². The van der Waals surface area contributed by atoms with Crippen molar-refractivity contribution in [1.29, 1.82) is 0 Å². The van der Waals surface area contributed by atoms with Crippen molar-refractivity contribution in [2.45, 2.75) is 13.3 Å². The van der Waals surface area contributed by atoms with E-state index in [0.717, 1.165) is 10.9 Å². The number of carbonyl (C=O) groups excluding carboxylic acids is 1. The molecule has 0 heterocycles. The fraction of sp³-hybridized carbons (Fsp3) is 0.364. The van der Waals surface area contributed by atoms with Crippen molar-refractivity contribution in [3.05, 3.63) is 27.7 Å². The Bertz CT molecular complexity index is 368. The second-order valence-corrected chi connectivity index (χ2v) is 4.41. The van der Waals surface area contributed by atoms with Crippen LogP contribution in [0.1, 0.15) is 13.3 Å². The molecule has 3 nitrogen and oxygen atoms in total. The molecule has 88 valence electrons. The van der Waals surface area contributed by atoms with Gasteiger partial charge in [0.25, 0.3) is 0 Å². The molecule has 0 amide bonds. The van der Waals surface area contributed by atoms with Crippen molar-refractivity contribution in [1.82, 2.24) is 0 Å². The first-order valence-electron chi connectivity index (χ1n) is 4.87. The van der Waals surface area contributed by atoms with Gasteiger partial charge in [0.1, 0.15) is 5.75 Å². The van der Waals surface area contributed by atoms with E-state index in [4.69, 9.17) is 21.1 Å². The van der Waals surface area contributed by atoms with Gasteiger partial charge in [-0.05, 0) is 24.6 Å². The monoisotopic (exact) mass is 306 g/mol. The van der Waals surface area contributed by atoms with Gasteiger partial charge in [0, 0.05) is 4.47 Å². The Kier molecular flexibility index (Phi) is 5.63. The van der Waals surface area contributed by atoms with Crippen LogP contribution in [0.4, 0.5) is 0 Å². The summed E-state index contributed by atoms with van der Waals surface area (Å²) in [5.41, 5.74) is 0. The fourth-order valence-electron chi connectivity index (χ4n) is 0.987. The first kappa shape index (κ1) is 13.3. The van der Waals surface area contributed by atoms with Gasteiger partial charge in [-0.25, -0.2) is 4.79 Å². The summed E-state index contributed by atoms with van der Waals surface area (Å²) in [4.78, 5) is 11.2. The van der Waals surface area contributed by atoms with E-state index in [0.29, 0.717) is 17.4 Å². The largest absolute Gasteiger partial charge is 0.480 e. The van der Waals surface area contributed by atoms with Gasteiger partial charge < -0.3 is 9.47 Å². The molecule has 0 N–H and O–H groups in total. The van der Waals surface area contributed by atoms with E-state index in [-0.39, 0.29) is 12.6 Å². The van der Waals surface area contributed by atoms with Crippen LogP contribution in [-0.2, 0) is 9.53 Å². The van der Waals surface area contributed by atoms with Crippen LogP contribution in [0.25, 0.3) is 0 Å². The van der Waals surface area contributed by atoms with Crippen molar-refractivity contribution in [2.75, 3.05) is 13.2 Å². The molecule has 1 aromatic rings. The lowest BCUT2D eigenvalue weighted by molar-refractivity contribution is -0.146. The molecular formula is C11H12BrClO3. The molecular weight excluding hydrogens is 295 g/mol. The van der Waals surface area contributed by atoms with E-state index in [2.05, 4.69) is 15.9 Å². The summed E-state index contributed by atoms with van der Waals surface area (Å²) >= 11 is 9.19. The average Bonchev–Trinajstić information content (AvgIpc) is 2.25. The van der Waals surface area contributed by atoms with E-state index < -0.39 is 0 Å². The van der Waals surface area contributed by atoms with Gasteiger partial charge in [-0.1, -0.05) is 34.5 Å². The summed E-state index contributed by atoms with van der Waals surface area (Å²) < 4.78 is 10.9. The van der Waals surface area contributed by atoms with Crippen molar-refractivity contribution < 1.29 is 14.3 Å². The van der Waals surface area contributed by atoms with Crippen molar-refractivity contribution >= 4 is 33.5 Å². The molecule has 0 aliphatic heterocycles. The molecule has 0 radical (unpaired) electrons. The summed E-state index contributed by atoms with van der Waals surface area (Å²) in [5.74, 6) is 0.0825. The summed E-state index contributed by atoms with van der Waals surface area (Å²) in [6, 6.07) is 5.19. The highest BCUT2D eigenvalue weighted by Gasteiger charge is 2.06. The number of carbonyl (C=O) groups is 1. The molecule has 0 saturated carbocycles. The predicted octanol–water partition coefficient (Wildman–Crippen LogP) is 3.43. The van der Waals surface area contributed by atoms with Crippen LogP contribution in [0.2, 0.25) is 5.02 Å². The number of hydrogen-bond donors (Lipinski definition) is 0. The predicted molar refractivity (Wildman–Crippen MR) is 65.9 cm³/mol. The molecule has 0 bridgehead atoms. The first-order chi connectivity index (χ1) is 7.63. The van der Waals surface area contributed by atoms with Crippen molar-refractivity contribution in [3.8, 4) is 5.75 Å². The third-order valence-corrected chi connectivity index (χ3v) is 2.50. The zero-order chi connectivity index (χ0) is 12.0. The number of rotatable bonds is 5. The maximum absolute atomic E-state index is 11.2. The lowest BCUT2D eigenvalue weighted by Gasteiger charge is -2.07. The van der Waals surface area contributed by atoms with Gasteiger partial charge in [0.2, 0.25) is 0 Å². The SMILES string of the molecule is CCCOC(=O)COc1ccc(Br)cc1Cl. The molecule has 0 atom stereocenters. The molecule has 0 aliphatic carbocycles. The second kappa shape index (κ2) is 6.76. The number of hydrogen-bond acceptors (Lipinski definition) is 3. The molecule has 0 aromatic heterocycles. The number of halogens is 2. The molecule has 0 spiro atoms. The maximum atomic E-state index is 11.2. The number of benzene rings is 1. The van der Waals surface area contributed by atoms with Gasteiger partial charge in [-0.3, -0.25) is 0 Å². The average molecular weight is 308 g/mol. The van der Waals surface area contributed by atoms with Crippen LogP contribution in [0.5, 0.6) is 5.75 Å². The minimum absolute atomic E-state index is 0.124. The number of esters is 1. The van der Waals surface area contributed by atoms with Crippen LogP contribution >= 0.6 is 27.5 Å². The third kappa shape index (κ3) is 4.41. The van der Waals surface area contributed by atoms with Crippen LogP contribution in [0, 0.1) is 0 Å². The minimum atomic E-state index is -0.388. The normalized spacial score (nSPS) is 9.94. The van der Waals surface area contributed by atoms with Crippen LogP contribution in [0.3, 0.4) is 0 Å². The molecule has 1 aromatic carbocycles. The highest BCUT2D eigenvalue weighted by molar-refractivity contribution is 9.10. The topological polar surface area (TPSA) is 35.5 Å². The van der Waals surface area contributed by atoms with Crippen LogP contribution in [0.15, 0.2) is 22.7 Å². The molecule has 0 unspecified atom stereocenters. The van der Waals surface area contributed by atoms with Crippen LogP contribution < -0.4 is 4.74 Å². The van der Waals surface area contributed by atoms with Crippen molar-refractivity contribution in [3.63, 3.8) is 0 Å². The standard InChI is InChI=1S/C11H12BrClO3/c1-2-5-15-11(14)7-16-10-4-3-8(12)6-9(10)13/h3-4,6H,2,5,7H2,1H3. The van der Waals surface area contributed by atoms with E-state index in [9.17, 15) is 4.79 Å². The van der Waals surface area contributed by atoms with Gasteiger partial charge in [0.15, 0.2) is 6.61 Å². The smallest absolute Gasteiger partial charge is 0.344 e. The van der Waals surface area contributed by atoms with E-state index in [1.165, 1.54) is 0 Å². The Morgan fingerprint density at radius 3 is 2.88 bits per heavy atom. The Morgan fingerprint density at radius 2 is 2.25 bits per heavy atom. The van der Waals surface area contributed by atoms with E-state index >= 15 is 0 Å². The highest BCUT2D eigenvalue weighted by Crippen LogP contribution is 2.27. The molecule has 0 aliphatic rings. The maximum Gasteiger partial charge on any atom is 0.344 e. The minimum Gasteiger partial charge on any atom is -0.480 e. The van der Waals surface area contributed by atoms with Crippen molar-refractivity contribution in [2.24, 2.45) is 0 Å². The third-order valence-electron chi connectivity index (χ3n) is 1.71. The Balaban J connectivity index is 2.45. The zero-order valence-electron chi connectivity index (χ0n) is 8.83. The lowest BCUT2D eigenvalue weighted by Crippen LogP contribution is -2.15. The first-order valence-corrected chi connectivity index (χ1v) is 6.04. The Labute approximate surface area is 108 Å². The van der Waals surface area contributed by atoms with Crippen LogP contribution in [-0.4, -0.2) is 19.2 Å². The van der Waals surface area contributed by atoms with Gasteiger partial charge in [-0.15, -0.1) is 0 Å². The molecule has 5 heteroatoms. The second-order valence-electron chi connectivity index (χ2n) is 3.08. The highest BCUT2D eigenvalue weighted by atomic mass is 79.9. The summed E-state index contributed by atoms with van der Waals surface area (Å²) in [7, 11) is 0. The Morgan fingerprint density at radius 1 is 1.50 bits per heavy atom.